The summed E-state index contributed by atoms with van der Waals surface area (Å²) in [4.78, 5) is 2.65. The SMILES string of the molecule is CC(C)C1CCN(C2CC(C(C)(C)C)CCC2C#N)C1. The predicted molar refractivity (Wildman–Crippen MR) is 84.2 cm³/mol. The summed E-state index contributed by atoms with van der Waals surface area (Å²) in [5.74, 6) is 2.65. The molecule has 20 heavy (non-hydrogen) atoms. The lowest BCUT2D eigenvalue weighted by atomic mass is 9.68. The van der Waals surface area contributed by atoms with Crippen molar-refractivity contribution in [2.75, 3.05) is 13.1 Å². The van der Waals surface area contributed by atoms with Crippen molar-refractivity contribution in [2.24, 2.45) is 29.1 Å². The van der Waals surface area contributed by atoms with Gasteiger partial charge in [-0.1, -0.05) is 34.6 Å². The fraction of sp³-hybridized carbons (Fsp3) is 0.944. The summed E-state index contributed by atoms with van der Waals surface area (Å²) in [6, 6.07) is 3.12. The molecule has 0 aromatic carbocycles. The van der Waals surface area contributed by atoms with E-state index >= 15 is 0 Å². The van der Waals surface area contributed by atoms with Gasteiger partial charge in [-0.05, 0) is 55.4 Å². The highest BCUT2D eigenvalue weighted by atomic mass is 15.2. The molecule has 0 radical (unpaired) electrons. The largest absolute Gasteiger partial charge is 0.299 e. The molecular formula is C18H32N2. The Labute approximate surface area is 125 Å². The molecule has 4 unspecified atom stereocenters. The van der Waals surface area contributed by atoms with Gasteiger partial charge in [0.2, 0.25) is 0 Å². The maximum atomic E-state index is 9.51. The second kappa shape index (κ2) is 6.06. The first-order valence-electron chi connectivity index (χ1n) is 8.46. The Hall–Kier alpha value is -0.550. The number of nitriles is 1. The Morgan fingerprint density at radius 3 is 2.35 bits per heavy atom. The lowest BCUT2D eigenvalue weighted by Gasteiger charge is -2.43. The molecule has 2 heteroatoms. The average Bonchev–Trinajstić information content (AvgIpc) is 2.86. The summed E-state index contributed by atoms with van der Waals surface area (Å²) >= 11 is 0. The highest BCUT2D eigenvalue weighted by molar-refractivity contribution is 5.00. The summed E-state index contributed by atoms with van der Waals surface area (Å²) in [6.45, 7) is 14.2. The normalized spacial score (nSPS) is 36.2. The lowest BCUT2D eigenvalue weighted by Crippen LogP contribution is -2.45. The monoisotopic (exact) mass is 276 g/mol. The zero-order valence-corrected chi connectivity index (χ0v) is 14.0. The van der Waals surface area contributed by atoms with Gasteiger partial charge in [0.1, 0.15) is 0 Å². The van der Waals surface area contributed by atoms with Crippen molar-refractivity contribution >= 4 is 0 Å². The molecule has 1 saturated carbocycles. The number of hydrogen-bond acceptors (Lipinski definition) is 2. The van der Waals surface area contributed by atoms with Gasteiger partial charge in [0.05, 0.1) is 12.0 Å². The van der Waals surface area contributed by atoms with Crippen LogP contribution in [0.5, 0.6) is 0 Å². The number of likely N-dealkylation sites (tertiary alicyclic amines) is 1. The smallest absolute Gasteiger partial charge is 0.0672 e. The zero-order valence-electron chi connectivity index (χ0n) is 14.0. The number of rotatable bonds is 2. The first kappa shape index (κ1) is 15.8. The molecule has 2 aliphatic rings. The Kier molecular flexibility index (Phi) is 4.80. The first-order chi connectivity index (χ1) is 9.32. The van der Waals surface area contributed by atoms with Gasteiger partial charge < -0.3 is 0 Å². The molecule has 0 aromatic rings. The minimum Gasteiger partial charge on any atom is -0.299 e. The van der Waals surface area contributed by atoms with Gasteiger partial charge >= 0.3 is 0 Å². The van der Waals surface area contributed by atoms with E-state index in [1.165, 1.54) is 32.4 Å². The maximum absolute atomic E-state index is 9.51. The third kappa shape index (κ3) is 3.37. The summed E-state index contributed by atoms with van der Waals surface area (Å²) in [7, 11) is 0. The van der Waals surface area contributed by atoms with Gasteiger partial charge in [0.15, 0.2) is 0 Å². The molecule has 1 aliphatic carbocycles. The van der Waals surface area contributed by atoms with Gasteiger partial charge in [-0.3, -0.25) is 4.90 Å². The average molecular weight is 276 g/mol. The van der Waals surface area contributed by atoms with Crippen LogP contribution in [0.1, 0.15) is 60.3 Å². The van der Waals surface area contributed by atoms with Crippen LogP contribution in [0, 0.1) is 40.4 Å². The molecule has 1 aliphatic heterocycles. The molecule has 2 rings (SSSR count). The van der Waals surface area contributed by atoms with Crippen LogP contribution in [0.15, 0.2) is 0 Å². The van der Waals surface area contributed by atoms with E-state index in [2.05, 4.69) is 45.6 Å². The quantitative estimate of drug-likeness (QED) is 0.751. The fourth-order valence-corrected chi connectivity index (χ4v) is 4.15. The summed E-state index contributed by atoms with van der Waals surface area (Å²) in [5, 5.41) is 9.51. The van der Waals surface area contributed by atoms with Crippen molar-refractivity contribution < 1.29 is 0 Å². The van der Waals surface area contributed by atoms with Crippen LogP contribution in [-0.4, -0.2) is 24.0 Å². The minimum absolute atomic E-state index is 0.263. The van der Waals surface area contributed by atoms with Gasteiger partial charge in [0.25, 0.3) is 0 Å². The third-order valence-corrected chi connectivity index (χ3v) is 5.88. The van der Waals surface area contributed by atoms with Crippen molar-refractivity contribution in [3.8, 4) is 6.07 Å². The van der Waals surface area contributed by atoms with E-state index in [9.17, 15) is 5.26 Å². The van der Waals surface area contributed by atoms with E-state index < -0.39 is 0 Å². The third-order valence-electron chi connectivity index (χ3n) is 5.88. The molecule has 2 fully saturated rings. The van der Waals surface area contributed by atoms with Gasteiger partial charge in [-0.15, -0.1) is 0 Å². The zero-order chi connectivity index (χ0) is 14.9. The van der Waals surface area contributed by atoms with Crippen molar-refractivity contribution in [1.82, 2.24) is 4.90 Å². The van der Waals surface area contributed by atoms with Crippen molar-refractivity contribution in [3.63, 3.8) is 0 Å². The molecule has 114 valence electrons. The Bertz CT molecular complexity index is 361. The molecule has 0 amide bonds. The molecule has 1 heterocycles. The van der Waals surface area contributed by atoms with E-state index in [-0.39, 0.29) is 5.92 Å². The molecule has 0 N–H and O–H groups in total. The van der Waals surface area contributed by atoms with Crippen LogP contribution >= 0.6 is 0 Å². The molecule has 1 saturated heterocycles. The van der Waals surface area contributed by atoms with Crippen LogP contribution in [-0.2, 0) is 0 Å². The van der Waals surface area contributed by atoms with Gasteiger partial charge in [-0.2, -0.15) is 5.26 Å². The van der Waals surface area contributed by atoms with Crippen LogP contribution in [0.4, 0.5) is 0 Å². The molecule has 2 nitrogen and oxygen atoms in total. The Morgan fingerprint density at radius 2 is 1.85 bits per heavy atom. The van der Waals surface area contributed by atoms with E-state index in [1.54, 1.807) is 0 Å². The van der Waals surface area contributed by atoms with E-state index in [1.807, 2.05) is 0 Å². The molecule has 0 bridgehead atoms. The van der Waals surface area contributed by atoms with E-state index in [0.717, 1.165) is 24.2 Å². The molecular weight excluding hydrogens is 244 g/mol. The minimum atomic E-state index is 0.263. The summed E-state index contributed by atoms with van der Waals surface area (Å²) in [6.07, 6.45) is 4.89. The predicted octanol–water partition coefficient (Wildman–Crippen LogP) is 4.32. The number of hydrogen-bond donors (Lipinski definition) is 0. The highest BCUT2D eigenvalue weighted by Gasteiger charge is 2.40. The van der Waals surface area contributed by atoms with Crippen LogP contribution < -0.4 is 0 Å². The number of nitrogens with zero attached hydrogens (tertiary/aromatic N) is 2. The van der Waals surface area contributed by atoms with E-state index in [0.29, 0.717) is 11.5 Å². The summed E-state index contributed by atoms with van der Waals surface area (Å²) < 4.78 is 0. The van der Waals surface area contributed by atoms with Gasteiger partial charge in [0, 0.05) is 12.6 Å². The Balaban J connectivity index is 2.05. The lowest BCUT2D eigenvalue weighted by molar-refractivity contribution is 0.0707. The molecule has 0 spiro atoms. The first-order valence-corrected chi connectivity index (χ1v) is 8.46. The fourth-order valence-electron chi connectivity index (χ4n) is 4.15. The maximum Gasteiger partial charge on any atom is 0.0672 e. The Morgan fingerprint density at radius 1 is 1.15 bits per heavy atom. The van der Waals surface area contributed by atoms with Crippen LogP contribution in [0.25, 0.3) is 0 Å². The van der Waals surface area contributed by atoms with Crippen molar-refractivity contribution in [3.05, 3.63) is 0 Å². The topological polar surface area (TPSA) is 27.0 Å². The van der Waals surface area contributed by atoms with E-state index in [4.69, 9.17) is 0 Å². The van der Waals surface area contributed by atoms with Crippen LogP contribution in [0.3, 0.4) is 0 Å². The molecule has 0 aromatic heterocycles. The second-order valence-electron chi connectivity index (χ2n) is 8.47. The standard InChI is InChI=1S/C18H32N2/c1-13(2)15-8-9-20(12-15)17-10-16(18(3,4)5)7-6-14(17)11-19/h13-17H,6-10,12H2,1-5H3. The summed E-state index contributed by atoms with van der Waals surface area (Å²) in [5.41, 5.74) is 0.385. The van der Waals surface area contributed by atoms with Crippen molar-refractivity contribution in [1.29, 1.82) is 5.26 Å². The highest BCUT2D eigenvalue weighted by Crippen LogP contribution is 2.42. The molecule has 4 atom stereocenters. The second-order valence-corrected chi connectivity index (χ2v) is 8.47. The van der Waals surface area contributed by atoms with Crippen molar-refractivity contribution in [2.45, 2.75) is 66.3 Å². The van der Waals surface area contributed by atoms with Gasteiger partial charge in [-0.25, -0.2) is 0 Å². The van der Waals surface area contributed by atoms with Crippen LogP contribution in [0.2, 0.25) is 0 Å².